The summed E-state index contributed by atoms with van der Waals surface area (Å²) in [5, 5.41) is 4.75. The molecule has 6 rings (SSSR count). The molecule has 0 aliphatic heterocycles. The Balaban J connectivity index is 0.00000234. The lowest BCUT2D eigenvalue weighted by atomic mass is 10.1. The molecule has 0 radical (unpaired) electrons. The molecule has 3 aromatic carbocycles. The first-order valence-electron chi connectivity index (χ1n) is 15.1. The standard InChI is InChI=1S/C37H32Cl2N6O3.4ClH/c1-24-20-32(44-19-17-40-23-44)28-7-4-8-33(36(28)42-24)48-22-29-30(38)14-15-31(35(29)39)45-18-5-6-27(45)21-41-34(46)16-11-25-9-12-26(13-10-25)37(47)43(2)3;;;;/h4-20,23H,21-22H2,1-3H3,(H,41,46);4*1H/b16-11+;;;;. The Hall–Kier alpha value is -4.22. The van der Waals surface area contributed by atoms with Crippen LogP contribution in [0.3, 0.4) is 0 Å². The highest BCUT2D eigenvalue weighted by atomic mass is 35.5. The number of pyridine rings is 1. The number of imidazole rings is 1. The first-order chi connectivity index (χ1) is 23.2. The molecule has 52 heavy (non-hydrogen) atoms. The first-order valence-corrected chi connectivity index (χ1v) is 15.9. The van der Waals surface area contributed by atoms with Crippen molar-refractivity contribution in [3.63, 3.8) is 0 Å². The minimum Gasteiger partial charge on any atom is -0.487 e. The Morgan fingerprint density at radius 1 is 0.923 bits per heavy atom. The molecule has 0 aliphatic carbocycles. The van der Waals surface area contributed by atoms with Gasteiger partial charge in [0, 0.05) is 71.7 Å². The average molecular weight is 825 g/mol. The maximum atomic E-state index is 12.7. The molecule has 0 unspecified atom stereocenters. The van der Waals surface area contributed by atoms with Gasteiger partial charge in [0.25, 0.3) is 5.91 Å². The summed E-state index contributed by atoms with van der Waals surface area (Å²) in [6.45, 7) is 2.32. The molecule has 0 saturated carbocycles. The van der Waals surface area contributed by atoms with E-state index in [0.717, 1.165) is 33.5 Å². The van der Waals surface area contributed by atoms with E-state index in [9.17, 15) is 9.59 Å². The smallest absolute Gasteiger partial charge is 0.253 e. The highest BCUT2D eigenvalue weighted by molar-refractivity contribution is 6.37. The number of carbonyl (C=O) groups is 2. The third kappa shape index (κ3) is 9.80. The zero-order valence-electron chi connectivity index (χ0n) is 28.2. The van der Waals surface area contributed by atoms with Crippen molar-refractivity contribution >= 4 is 102 Å². The fourth-order valence-electron chi connectivity index (χ4n) is 5.31. The molecule has 0 saturated heterocycles. The van der Waals surface area contributed by atoms with Gasteiger partial charge in [0.15, 0.2) is 0 Å². The molecule has 9 nitrogen and oxygen atoms in total. The highest BCUT2D eigenvalue weighted by Gasteiger charge is 2.17. The summed E-state index contributed by atoms with van der Waals surface area (Å²) in [5.41, 5.74) is 6.05. The van der Waals surface area contributed by atoms with E-state index in [0.29, 0.717) is 32.6 Å². The number of nitrogens with zero attached hydrogens (tertiary/aromatic N) is 5. The number of carbonyl (C=O) groups excluding carboxylic acids is 2. The molecule has 15 heteroatoms. The molecule has 0 spiro atoms. The van der Waals surface area contributed by atoms with Gasteiger partial charge in [0.2, 0.25) is 5.91 Å². The van der Waals surface area contributed by atoms with Gasteiger partial charge in [-0.15, -0.1) is 49.6 Å². The SMILES string of the molecule is Cc1cc(-n2ccnc2)c2cccc(OCc3c(Cl)ccc(-n4cccc4CNC(=O)/C=C/c4ccc(C(=O)N(C)C)cc4)c3Cl)c2n1.Cl.Cl.Cl.Cl. The summed E-state index contributed by atoms with van der Waals surface area (Å²) in [6.07, 6.45) is 10.4. The van der Waals surface area contributed by atoms with Gasteiger partial charge in [0.1, 0.15) is 17.9 Å². The van der Waals surface area contributed by atoms with Crippen molar-refractivity contribution in [3.8, 4) is 17.1 Å². The van der Waals surface area contributed by atoms with Crippen LogP contribution in [0.5, 0.6) is 5.75 Å². The molecule has 6 aromatic rings. The van der Waals surface area contributed by atoms with Crippen LogP contribution < -0.4 is 10.1 Å². The molecule has 3 aromatic heterocycles. The zero-order valence-corrected chi connectivity index (χ0v) is 32.9. The predicted octanol–water partition coefficient (Wildman–Crippen LogP) is 9.12. The Labute approximate surface area is 336 Å². The van der Waals surface area contributed by atoms with Crippen molar-refractivity contribution in [2.24, 2.45) is 0 Å². The van der Waals surface area contributed by atoms with E-state index in [-0.39, 0.29) is 74.6 Å². The van der Waals surface area contributed by atoms with Crippen LogP contribution in [0.1, 0.15) is 32.9 Å². The Kier molecular flexibility index (Phi) is 16.5. The van der Waals surface area contributed by atoms with Crippen molar-refractivity contribution in [2.45, 2.75) is 20.1 Å². The van der Waals surface area contributed by atoms with E-state index in [1.807, 2.05) is 70.9 Å². The number of hydrogen-bond donors (Lipinski definition) is 1. The second-order valence-corrected chi connectivity index (χ2v) is 12.1. The van der Waals surface area contributed by atoms with E-state index in [4.69, 9.17) is 32.9 Å². The number of halogens is 6. The van der Waals surface area contributed by atoms with Gasteiger partial charge < -0.3 is 24.1 Å². The third-order valence-electron chi connectivity index (χ3n) is 7.76. The van der Waals surface area contributed by atoms with Gasteiger partial charge in [-0.3, -0.25) is 9.59 Å². The Bertz CT molecular complexity index is 2150. The minimum absolute atomic E-state index is 0. The van der Waals surface area contributed by atoms with Gasteiger partial charge in [-0.25, -0.2) is 9.97 Å². The Morgan fingerprint density at radius 3 is 2.37 bits per heavy atom. The van der Waals surface area contributed by atoms with Gasteiger partial charge in [0.05, 0.1) is 29.3 Å². The first kappa shape index (κ1) is 43.9. The summed E-state index contributed by atoms with van der Waals surface area (Å²) in [4.78, 5) is 35.3. The highest BCUT2D eigenvalue weighted by Crippen LogP contribution is 2.34. The zero-order chi connectivity index (χ0) is 33.8. The number of amides is 2. The molecular formula is C37H36Cl6N6O3. The number of aryl methyl sites for hydroxylation is 1. The summed E-state index contributed by atoms with van der Waals surface area (Å²) >= 11 is 13.6. The molecule has 3 heterocycles. The monoisotopic (exact) mass is 822 g/mol. The van der Waals surface area contributed by atoms with E-state index in [1.165, 1.54) is 11.0 Å². The largest absolute Gasteiger partial charge is 0.487 e. The van der Waals surface area contributed by atoms with Crippen LogP contribution in [0, 0.1) is 6.92 Å². The minimum atomic E-state index is -0.261. The van der Waals surface area contributed by atoms with Crippen LogP contribution >= 0.6 is 72.8 Å². The maximum absolute atomic E-state index is 12.7. The van der Waals surface area contributed by atoms with Crippen LogP contribution in [0.15, 0.2) is 104 Å². The van der Waals surface area contributed by atoms with Gasteiger partial charge in [-0.2, -0.15) is 0 Å². The number of fused-ring (bicyclic) bond motifs is 1. The predicted molar refractivity (Wildman–Crippen MR) is 218 cm³/mol. The quantitative estimate of drug-likeness (QED) is 0.139. The maximum Gasteiger partial charge on any atom is 0.253 e. The van der Waals surface area contributed by atoms with Crippen LogP contribution in [-0.2, 0) is 17.9 Å². The number of rotatable bonds is 10. The lowest BCUT2D eigenvalue weighted by Crippen LogP contribution is -2.22. The fraction of sp³-hybridized carbons (Fsp3) is 0.135. The second-order valence-electron chi connectivity index (χ2n) is 11.3. The summed E-state index contributed by atoms with van der Waals surface area (Å²) < 4.78 is 10.2. The molecule has 274 valence electrons. The molecule has 1 N–H and O–H groups in total. The van der Waals surface area contributed by atoms with E-state index in [1.54, 1.807) is 63.0 Å². The summed E-state index contributed by atoms with van der Waals surface area (Å²) in [5.74, 6) is 0.262. The molecule has 0 aliphatic rings. The molecule has 0 fully saturated rings. The van der Waals surface area contributed by atoms with Crippen LogP contribution in [0.25, 0.3) is 28.4 Å². The van der Waals surface area contributed by atoms with Crippen LogP contribution in [0.4, 0.5) is 0 Å². The van der Waals surface area contributed by atoms with Gasteiger partial charge >= 0.3 is 0 Å². The number of para-hydroxylation sites is 1. The van der Waals surface area contributed by atoms with E-state index >= 15 is 0 Å². The molecule has 0 bridgehead atoms. The van der Waals surface area contributed by atoms with Crippen LogP contribution in [-0.4, -0.2) is 49.9 Å². The van der Waals surface area contributed by atoms with Crippen molar-refractivity contribution in [3.05, 3.63) is 142 Å². The molecule has 2 amide bonds. The molecular weight excluding hydrogens is 789 g/mol. The van der Waals surface area contributed by atoms with E-state index in [2.05, 4.69) is 10.3 Å². The van der Waals surface area contributed by atoms with Crippen molar-refractivity contribution in [2.75, 3.05) is 14.1 Å². The topological polar surface area (TPSA) is 94.3 Å². The Morgan fingerprint density at radius 2 is 1.67 bits per heavy atom. The lowest BCUT2D eigenvalue weighted by Gasteiger charge is -2.17. The van der Waals surface area contributed by atoms with Gasteiger partial charge in [-0.1, -0.05) is 47.5 Å². The number of aromatic nitrogens is 4. The van der Waals surface area contributed by atoms with E-state index < -0.39 is 0 Å². The van der Waals surface area contributed by atoms with Crippen molar-refractivity contribution in [1.82, 2.24) is 29.3 Å². The second kappa shape index (κ2) is 19.6. The summed E-state index contributed by atoms with van der Waals surface area (Å²) in [7, 11) is 3.41. The number of nitrogens with one attached hydrogen (secondary N) is 1. The fourth-order valence-corrected chi connectivity index (χ4v) is 5.88. The van der Waals surface area contributed by atoms with Crippen molar-refractivity contribution < 1.29 is 14.3 Å². The number of benzene rings is 3. The van der Waals surface area contributed by atoms with Gasteiger partial charge in [-0.05, 0) is 67.1 Å². The normalized spacial score (nSPS) is 10.4. The van der Waals surface area contributed by atoms with Crippen molar-refractivity contribution in [1.29, 1.82) is 0 Å². The molecule has 0 atom stereocenters. The number of ether oxygens (including phenoxy) is 1. The lowest BCUT2D eigenvalue weighted by molar-refractivity contribution is -0.116. The summed E-state index contributed by atoms with van der Waals surface area (Å²) in [6, 6.07) is 22.3. The number of hydrogen-bond acceptors (Lipinski definition) is 5. The van der Waals surface area contributed by atoms with Crippen LogP contribution in [0.2, 0.25) is 10.0 Å². The average Bonchev–Trinajstić information content (AvgIpc) is 3.79. The third-order valence-corrected chi connectivity index (χ3v) is 8.53.